The van der Waals surface area contributed by atoms with Crippen LogP contribution in [0.3, 0.4) is 0 Å². The quantitative estimate of drug-likeness (QED) is 0.466. The second-order valence-corrected chi connectivity index (χ2v) is 3.89. The number of benzene rings is 1. The number of carbonyl (C=O) groups is 1. The van der Waals surface area contributed by atoms with Crippen molar-refractivity contribution < 1.29 is 9.53 Å². The molecule has 80 valence electrons. The lowest BCUT2D eigenvalue weighted by Gasteiger charge is -2.05. The monoisotopic (exact) mass is 268 g/mol. The highest BCUT2D eigenvalue weighted by Crippen LogP contribution is 2.13. The van der Waals surface area contributed by atoms with Crippen LogP contribution in [0.15, 0.2) is 36.4 Å². The van der Waals surface area contributed by atoms with Crippen molar-refractivity contribution in [2.75, 3.05) is 11.9 Å². The fourth-order valence-corrected chi connectivity index (χ4v) is 1.34. The first-order chi connectivity index (χ1) is 7.13. The summed E-state index contributed by atoms with van der Waals surface area (Å²) in [5, 5.41) is 0.346. The number of halogens is 1. The third kappa shape index (κ3) is 3.88. The van der Waals surface area contributed by atoms with Gasteiger partial charge in [0.25, 0.3) is 0 Å². The maximum Gasteiger partial charge on any atom is 0.173 e. The third-order valence-electron chi connectivity index (χ3n) is 1.78. The number of carbonyl (C=O) groups excluding carboxylic acids is 1. The average molecular weight is 269 g/mol. The van der Waals surface area contributed by atoms with Crippen LogP contribution in [-0.2, 0) is 0 Å². The molecule has 0 aliphatic carbocycles. The minimum absolute atomic E-state index is 0.0708. The Hall–Kier alpha value is -1.09. The Bertz CT molecular complexity index is 354. The van der Waals surface area contributed by atoms with Crippen molar-refractivity contribution in [3.05, 3.63) is 42.0 Å². The molecule has 0 aromatic heterocycles. The van der Waals surface area contributed by atoms with Gasteiger partial charge in [-0.3, -0.25) is 4.79 Å². The maximum absolute atomic E-state index is 11.3. The molecule has 3 heteroatoms. The number of alkyl halides is 1. The van der Waals surface area contributed by atoms with Gasteiger partial charge in [0.05, 0.1) is 5.33 Å². The fraction of sp³-hybridized carbons (Fsp3) is 0.250. The van der Waals surface area contributed by atoms with E-state index in [9.17, 15) is 4.79 Å². The van der Waals surface area contributed by atoms with E-state index in [1.165, 1.54) is 0 Å². The molecule has 15 heavy (non-hydrogen) atoms. The number of hydrogen-bond acceptors (Lipinski definition) is 2. The molecule has 0 heterocycles. The van der Waals surface area contributed by atoms with Crippen LogP contribution < -0.4 is 4.74 Å². The van der Waals surface area contributed by atoms with Crippen LogP contribution >= 0.6 is 15.9 Å². The molecule has 2 nitrogen and oxygen atoms in total. The molecule has 0 fully saturated rings. The molecule has 0 bridgehead atoms. The van der Waals surface area contributed by atoms with Crippen LogP contribution in [0.25, 0.3) is 0 Å². The van der Waals surface area contributed by atoms with E-state index in [0.29, 0.717) is 17.5 Å². The molecule has 1 rings (SSSR count). The molecule has 0 aliphatic rings. The standard InChI is InChI=1S/C12H13BrO2/c1-9(2)8-15-11-5-3-10(4-6-11)12(14)7-13/h3-6H,1,7-8H2,2H3. The van der Waals surface area contributed by atoms with Crippen LogP contribution in [0.4, 0.5) is 0 Å². The van der Waals surface area contributed by atoms with Gasteiger partial charge >= 0.3 is 0 Å². The zero-order valence-corrected chi connectivity index (χ0v) is 10.2. The predicted molar refractivity (Wildman–Crippen MR) is 64.9 cm³/mol. The first-order valence-corrected chi connectivity index (χ1v) is 5.72. The van der Waals surface area contributed by atoms with Crippen molar-refractivity contribution in [2.24, 2.45) is 0 Å². The van der Waals surface area contributed by atoms with Gasteiger partial charge in [0.1, 0.15) is 12.4 Å². The zero-order chi connectivity index (χ0) is 11.3. The number of hydrogen-bond donors (Lipinski definition) is 0. The van der Waals surface area contributed by atoms with Gasteiger partial charge in [-0.25, -0.2) is 0 Å². The Morgan fingerprint density at radius 3 is 2.47 bits per heavy atom. The topological polar surface area (TPSA) is 26.3 Å². The molecule has 0 unspecified atom stereocenters. The summed E-state index contributed by atoms with van der Waals surface area (Å²) in [5.74, 6) is 0.825. The Morgan fingerprint density at radius 2 is 2.00 bits per heavy atom. The van der Waals surface area contributed by atoms with E-state index >= 15 is 0 Å². The highest BCUT2D eigenvalue weighted by Gasteiger charge is 2.03. The van der Waals surface area contributed by atoms with E-state index in [2.05, 4.69) is 22.5 Å². The lowest BCUT2D eigenvalue weighted by Crippen LogP contribution is -2.01. The zero-order valence-electron chi connectivity index (χ0n) is 8.63. The Balaban J connectivity index is 2.64. The van der Waals surface area contributed by atoms with Gasteiger partial charge in [-0.1, -0.05) is 22.5 Å². The van der Waals surface area contributed by atoms with Gasteiger partial charge in [-0.2, -0.15) is 0 Å². The van der Waals surface area contributed by atoms with Gasteiger partial charge in [0.2, 0.25) is 0 Å². The Kier molecular flexibility index (Phi) is 4.56. The van der Waals surface area contributed by atoms with Crippen molar-refractivity contribution in [3.63, 3.8) is 0 Å². The lowest BCUT2D eigenvalue weighted by atomic mass is 10.1. The number of rotatable bonds is 5. The van der Waals surface area contributed by atoms with Gasteiger partial charge < -0.3 is 4.74 Å². The molecule has 0 spiro atoms. The second-order valence-electron chi connectivity index (χ2n) is 3.33. The van der Waals surface area contributed by atoms with Crippen LogP contribution in [-0.4, -0.2) is 17.7 Å². The molecule has 0 amide bonds. The van der Waals surface area contributed by atoms with E-state index < -0.39 is 0 Å². The van der Waals surface area contributed by atoms with Gasteiger partial charge in [0.15, 0.2) is 5.78 Å². The molecule has 0 aliphatic heterocycles. The first kappa shape index (κ1) is 12.0. The average Bonchev–Trinajstić information content (AvgIpc) is 2.26. The summed E-state index contributed by atoms with van der Waals surface area (Å²) >= 11 is 3.13. The predicted octanol–water partition coefficient (Wildman–Crippen LogP) is 3.22. The van der Waals surface area contributed by atoms with E-state index in [-0.39, 0.29) is 5.78 Å². The molecule has 0 radical (unpaired) electrons. The van der Waals surface area contributed by atoms with Gasteiger partial charge in [0, 0.05) is 5.56 Å². The lowest BCUT2D eigenvalue weighted by molar-refractivity contribution is 0.102. The molecule has 0 saturated heterocycles. The van der Waals surface area contributed by atoms with Crippen molar-refractivity contribution in [2.45, 2.75) is 6.92 Å². The fourth-order valence-electron chi connectivity index (χ4n) is 1.02. The van der Waals surface area contributed by atoms with Crippen molar-refractivity contribution in [1.82, 2.24) is 0 Å². The summed E-state index contributed by atoms with van der Waals surface area (Å²) < 4.78 is 5.41. The van der Waals surface area contributed by atoms with Crippen molar-refractivity contribution in [1.29, 1.82) is 0 Å². The molecule has 1 aromatic carbocycles. The van der Waals surface area contributed by atoms with Crippen LogP contribution in [0.2, 0.25) is 0 Å². The van der Waals surface area contributed by atoms with E-state index in [4.69, 9.17) is 4.74 Å². The van der Waals surface area contributed by atoms with Crippen molar-refractivity contribution in [3.8, 4) is 5.75 Å². The van der Waals surface area contributed by atoms with Gasteiger partial charge in [-0.05, 0) is 36.8 Å². The first-order valence-electron chi connectivity index (χ1n) is 4.60. The highest BCUT2D eigenvalue weighted by atomic mass is 79.9. The summed E-state index contributed by atoms with van der Waals surface area (Å²) in [5.41, 5.74) is 1.66. The van der Waals surface area contributed by atoms with Gasteiger partial charge in [-0.15, -0.1) is 0 Å². The van der Waals surface area contributed by atoms with E-state index in [1.54, 1.807) is 24.3 Å². The van der Waals surface area contributed by atoms with Crippen molar-refractivity contribution >= 4 is 21.7 Å². The maximum atomic E-state index is 11.3. The van der Waals surface area contributed by atoms with Crippen LogP contribution in [0.5, 0.6) is 5.75 Å². The number of ether oxygens (including phenoxy) is 1. The SMILES string of the molecule is C=C(C)COc1ccc(C(=O)CBr)cc1. The largest absolute Gasteiger partial charge is 0.489 e. The number of Topliss-reactive ketones (excluding diaryl/α,β-unsaturated/α-hetero) is 1. The normalized spacial score (nSPS) is 9.73. The molecule has 0 atom stereocenters. The molecule has 1 aromatic rings. The second kappa shape index (κ2) is 5.71. The summed E-state index contributed by atoms with van der Waals surface area (Å²) in [6.07, 6.45) is 0. The minimum atomic E-state index is 0.0708. The molecule has 0 saturated carbocycles. The van der Waals surface area contributed by atoms with E-state index in [0.717, 1.165) is 11.3 Å². The Labute approximate surface area is 98.1 Å². The third-order valence-corrected chi connectivity index (χ3v) is 2.29. The van der Waals surface area contributed by atoms with Crippen LogP contribution in [0, 0.1) is 0 Å². The summed E-state index contributed by atoms with van der Waals surface area (Å²) in [7, 11) is 0. The number of ketones is 1. The van der Waals surface area contributed by atoms with E-state index in [1.807, 2.05) is 6.92 Å². The highest BCUT2D eigenvalue weighted by molar-refractivity contribution is 9.09. The minimum Gasteiger partial charge on any atom is -0.489 e. The molecular formula is C12H13BrO2. The summed E-state index contributed by atoms with van der Waals surface area (Å²) in [4.78, 5) is 11.3. The molecular weight excluding hydrogens is 256 g/mol. The van der Waals surface area contributed by atoms with Crippen LogP contribution in [0.1, 0.15) is 17.3 Å². The summed E-state index contributed by atoms with van der Waals surface area (Å²) in [6, 6.07) is 7.10. The Morgan fingerprint density at radius 1 is 1.40 bits per heavy atom. The summed E-state index contributed by atoms with van der Waals surface area (Å²) in [6.45, 7) is 6.16. The smallest absolute Gasteiger partial charge is 0.173 e. The molecule has 0 N–H and O–H groups in total.